The number of esters is 1. The largest absolute Gasteiger partial charge is 0.465 e. The van der Waals surface area contributed by atoms with E-state index in [-0.39, 0.29) is 34.3 Å². The van der Waals surface area contributed by atoms with Crippen LogP contribution < -0.4 is 5.32 Å². The summed E-state index contributed by atoms with van der Waals surface area (Å²) in [5, 5.41) is 4.83. The molecule has 0 amide bonds. The maximum atomic E-state index is 12.7. The maximum absolute atomic E-state index is 12.7. The van der Waals surface area contributed by atoms with Gasteiger partial charge >= 0.3 is 5.97 Å². The number of hydrogen-bond acceptors (Lipinski definition) is 6. The van der Waals surface area contributed by atoms with E-state index < -0.39 is 16.0 Å². The number of nitrogens with zero attached hydrogens (tertiary/aromatic N) is 1. The molecule has 0 spiro atoms. The van der Waals surface area contributed by atoms with Gasteiger partial charge in [-0.15, -0.1) is 23.7 Å². The molecule has 21 heavy (non-hydrogen) atoms. The number of rotatable bonds is 3. The minimum atomic E-state index is -3.68. The topological polar surface area (TPSA) is 75.7 Å². The van der Waals surface area contributed by atoms with Crippen molar-refractivity contribution in [1.82, 2.24) is 9.62 Å². The Morgan fingerprint density at radius 2 is 2.14 bits per heavy atom. The first-order chi connectivity index (χ1) is 9.37. The molecule has 0 aliphatic carbocycles. The van der Waals surface area contributed by atoms with Gasteiger partial charge in [-0.25, -0.2) is 13.2 Å². The average Bonchev–Trinajstić information content (AvgIpc) is 2.90. The van der Waals surface area contributed by atoms with Gasteiger partial charge in [-0.2, -0.15) is 4.31 Å². The van der Waals surface area contributed by atoms with E-state index in [9.17, 15) is 13.2 Å². The second kappa shape index (κ2) is 7.06. The summed E-state index contributed by atoms with van der Waals surface area (Å²) in [5.41, 5.74) is 0. The van der Waals surface area contributed by atoms with Crippen LogP contribution in [0.25, 0.3) is 0 Å². The molecule has 0 bridgehead atoms. The molecule has 1 aliphatic rings. The van der Waals surface area contributed by atoms with E-state index in [4.69, 9.17) is 0 Å². The lowest BCUT2D eigenvalue weighted by Crippen LogP contribution is -2.56. The highest BCUT2D eigenvalue weighted by Crippen LogP contribution is 2.28. The van der Waals surface area contributed by atoms with Crippen LogP contribution in [0.5, 0.6) is 0 Å². The highest BCUT2D eigenvalue weighted by molar-refractivity contribution is 7.89. The van der Waals surface area contributed by atoms with Crippen LogP contribution in [0, 0.1) is 0 Å². The van der Waals surface area contributed by atoms with E-state index >= 15 is 0 Å². The van der Waals surface area contributed by atoms with Crippen LogP contribution in [0.1, 0.15) is 23.5 Å². The lowest BCUT2D eigenvalue weighted by molar-refractivity contribution is 0.0602. The van der Waals surface area contributed by atoms with Crippen LogP contribution >= 0.6 is 23.7 Å². The fourth-order valence-corrected chi connectivity index (χ4v) is 5.22. The lowest BCUT2D eigenvalue weighted by atomic mass is 10.2. The number of sulfonamides is 1. The van der Waals surface area contributed by atoms with E-state index in [0.29, 0.717) is 13.1 Å². The summed E-state index contributed by atoms with van der Waals surface area (Å²) < 4.78 is 31.6. The molecule has 2 heterocycles. The molecule has 1 saturated heterocycles. The van der Waals surface area contributed by atoms with Crippen molar-refractivity contribution < 1.29 is 17.9 Å². The average molecular weight is 355 g/mol. The molecule has 1 aromatic rings. The maximum Gasteiger partial charge on any atom is 0.349 e. The molecule has 2 rings (SSSR count). The summed E-state index contributed by atoms with van der Waals surface area (Å²) in [5.74, 6) is -0.616. The van der Waals surface area contributed by atoms with Gasteiger partial charge in [0.15, 0.2) is 0 Å². The van der Waals surface area contributed by atoms with Crippen molar-refractivity contribution in [1.29, 1.82) is 0 Å². The number of thiophene rings is 1. The van der Waals surface area contributed by atoms with Crippen molar-refractivity contribution >= 4 is 39.7 Å². The first-order valence-electron chi connectivity index (χ1n) is 6.29. The molecule has 0 saturated carbocycles. The van der Waals surface area contributed by atoms with E-state index in [2.05, 4.69) is 10.1 Å². The number of nitrogens with one attached hydrogen (secondary N) is 1. The molecular weight excluding hydrogens is 336 g/mol. The number of carbonyl (C=O) groups is 1. The normalized spacial score (nSPS) is 23.4. The molecule has 6 nitrogen and oxygen atoms in total. The van der Waals surface area contributed by atoms with Crippen molar-refractivity contribution in [3.05, 3.63) is 16.3 Å². The minimum absolute atomic E-state index is 0. The molecule has 1 fully saturated rings. The zero-order valence-corrected chi connectivity index (χ0v) is 14.5. The Bertz CT molecular complexity index is 602. The summed E-state index contributed by atoms with van der Waals surface area (Å²) >= 11 is 1.08. The predicted octanol–water partition coefficient (Wildman–Crippen LogP) is 1.33. The van der Waals surface area contributed by atoms with Gasteiger partial charge in [-0.05, 0) is 25.3 Å². The number of piperazine rings is 1. The Kier molecular flexibility index (Phi) is 6.18. The molecule has 1 aliphatic heterocycles. The summed E-state index contributed by atoms with van der Waals surface area (Å²) in [4.78, 5) is 11.8. The first kappa shape index (κ1) is 18.4. The second-order valence-corrected chi connectivity index (χ2v) is 7.61. The number of ether oxygens (including phenoxy) is 1. The van der Waals surface area contributed by atoms with E-state index in [1.54, 1.807) is 5.38 Å². The Labute approximate surface area is 134 Å². The Morgan fingerprint density at radius 1 is 1.48 bits per heavy atom. The van der Waals surface area contributed by atoms with Crippen molar-refractivity contribution in [3.63, 3.8) is 0 Å². The minimum Gasteiger partial charge on any atom is -0.465 e. The summed E-state index contributed by atoms with van der Waals surface area (Å²) in [7, 11) is -2.44. The number of halogens is 1. The predicted molar refractivity (Wildman–Crippen MR) is 83.7 cm³/mol. The third-order valence-electron chi connectivity index (χ3n) is 3.29. The fourth-order valence-electron chi connectivity index (χ4n) is 2.19. The van der Waals surface area contributed by atoms with Gasteiger partial charge < -0.3 is 10.1 Å². The van der Waals surface area contributed by atoms with Crippen LogP contribution in [-0.4, -0.2) is 51.0 Å². The van der Waals surface area contributed by atoms with Gasteiger partial charge in [-0.1, -0.05) is 0 Å². The van der Waals surface area contributed by atoms with Crippen molar-refractivity contribution in [2.45, 2.75) is 30.8 Å². The third kappa shape index (κ3) is 3.57. The molecule has 1 N–H and O–H groups in total. The molecule has 2 atom stereocenters. The van der Waals surface area contributed by atoms with Gasteiger partial charge in [0, 0.05) is 25.2 Å². The summed E-state index contributed by atoms with van der Waals surface area (Å²) in [6.07, 6.45) is 0. The number of hydrogen-bond donors (Lipinski definition) is 1. The fraction of sp³-hybridized carbons (Fsp3) is 0.583. The van der Waals surface area contributed by atoms with Crippen LogP contribution in [0.3, 0.4) is 0 Å². The zero-order chi connectivity index (χ0) is 14.9. The smallest absolute Gasteiger partial charge is 0.349 e. The van der Waals surface area contributed by atoms with Gasteiger partial charge in [0.1, 0.15) is 9.77 Å². The van der Waals surface area contributed by atoms with Crippen LogP contribution in [0.15, 0.2) is 16.3 Å². The summed E-state index contributed by atoms with van der Waals surface area (Å²) in [6.45, 7) is 4.77. The van der Waals surface area contributed by atoms with Gasteiger partial charge in [-0.3, -0.25) is 0 Å². The van der Waals surface area contributed by atoms with Gasteiger partial charge in [0.2, 0.25) is 10.0 Å². The lowest BCUT2D eigenvalue weighted by Gasteiger charge is -2.36. The third-order valence-corrected chi connectivity index (χ3v) is 6.34. The molecule has 120 valence electrons. The van der Waals surface area contributed by atoms with Gasteiger partial charge in [0.25, 0.3) is 0 Å². The Morgan fingerprint density at radius 3 is 2.76 bits per heavy atom. The first-order valence-corrected chi connectivity index (χ1v) is 8.61. The SMILES string of the molecule is COC(=O)c1sccc1S(=O)(=O)N1CC(C)NCC1C.Cl. The van der Waals surface area contributed by atoms with Crippen LogP contribution in [0.2, 0.25) is 0 Å². The Hall–Kier alpha value is -0.670. The molecule has 0 aromatic carbocycles. The zero-order valence-electron chi connectivity index (χ0n) is 12.0. The second-order valence-electron chi connectivity index (χ2n) is 4.84. The van der Waals surface area contributed by atoms with Gasteiger partial charge in [0.05, 0.1) is 7.11 Å². The molecule has 9 heteroatoms. The highest BCUT2D eigenvalue weighted by atomic mass is 35.5. The quantitative estimate of drug-likeness (QED) is 0.829. The van der Waals surface area contributed by atoms with Crippen molar-refractivity contribution in [3.8, 4) is 0 Å². The van der Waals surface area contributed by atoms with Crippen LogP contribution in [-0.2, 0) is 14.8 Å². The van der Waals surface area contributed by atoms with E-state index in [0.717, 1.165) is 11.3 Å². The summed E-state index contributed by atoms with van der Waals surface area (Å²) in [6, 6.07) is 1.40. The van der Waals surface area contributed by atoms with E-state index in [1.807, 2.05) is 13.8 Å². The highest BCUT2D eigenvalue weighted by Gasteiger charge is 2.36. The van der Waals surface area contributed by atoms with Crippen molar-refractivity contribution in [2.24, 2.45) is 0 Å². The molecule has 0 radical (unpaired) electrons. The van der Waals surface area contributed by atoms with E-state index in [1.165, 1.54) is 17.5 Å². The number of methoxy groups -OCH3 is 1. The monoisotopic (exact) mass is 354 g/mol. The molecule has 2 unspecified atom stereocenters. The number of carbonyl (C=O) groups excluding carboxylic acids is 1. The molecule has 1 aromatic heterocycles. The van der Waals surface area contributed by atoms with Crippen LogP contribution in [0.4, 0.5) is 0 Å². The Balaban J connectivity index is 0.00000220. The van der Waals surface area contributed by atoms with Crippen molar-refractivity contribution in [2.75, 3.05) is 20.2 Å². The molecular formula is C12H19ClN2O4S2. The standard InChI is InChI=1S/C12H18N2O4S2.ClH/c1-8-7-14(9(2)6-13-8)20(16,17)10-4-5-19-11(10)12(15)18-3;/h4-5,8-9,13H,6-7H2,1-3H3;1H.